The van der Waals surface area contributed by atoms with Crippen molar-refractivity contribution in [1.82, 2.24) is 4.90 Å². The highest BCUT2D eigenvalue weighted by Crippen LogP contribution is 2.40. The van der Waals surface area contributed by atoms with Crippen LogP contribution in [-0.4, -0.2) is 35.3 Å². The molecule has 0 aromatic heterocycles. The molecule has 2 aliphatic rings. The summed E-state index contributed by atoms with van der Waals surface area (Å²) in [5.41, 5.74) is 1.36. The van der Waals surface area contributed by atoms with Crippen molar-refractivity contribution in [2.75, 3.05) is 6.61 Å². The fraction of sp³-hybridized carbons (Fsp3) is 0.722. The van der Waals surface area contributed by atoms with Crippen molar-refractivity contribution in [2.24, 2.45) is 17.3 Å². The lowest BCUT2D eigenvalue weighted by molar-refractivity contribution is -0.140. The zero-order valence-corrected chi connectivity index (χ0v) is 14.9. The molecule has 0 spiro atoms. The molecular formula is C18H27NO4. The molecule has 1 aliphatic heterocycles. The number of amides is 2. The van der Waals surface area contributed by atoms with E-state index in [1.54, 1.807) is 6.92 Å². The Morgan fingerprint density at radius 1 is 1.26 bits per heavy atom. The van der Waals surface area contributed by atoms with Gasteiger partial charge in [0.25, 0.3) is 0 Å². The van der Waals surface area contributed by atoms with Crippen LogP contribution in [0.25, 0.3) is 0 Å². The van der Waals surface area contributed by atoms with Gasteiger partial charge in [0.1, 0.15) is 12.5 Å². The van der Waals surface area contributed by atoms with E-state index in [0.29, 0.717) is 5.57 Å². The van der Waals surface area contributed by atoms with Gasteiger partial charge in [0, 0.05) is 0 Å². The Balaban J connectivity index is 2.35. The molecule has 0 saturated carbocycles. The number of Topliss-reactive ketones (excluding diaryl/α,β-unsaturated/α-hetero) is 1. The van der Waals surface area contributed by atoms with Crippen molar-refractivity contribution in [2.45, 2.75) is 60.4 Å². The van der Waals surface area contributed by atoms with Gasteiger partial charge >= 0.3 is 6.09 Å². The number of nitrogens with zero attached hydrogens (tertiary/aromatic N) is 1. The van der Waals surface area contributed by atoms with Crippen LogP contribution in [-0.2, 0) is 14.3 Å². The molecule has 2 amide bonds. The van der Waals surface area contributed by atoms with Gasteiger partial charge in [0.05, 0.1) is 6.04 Å². The summed E-state index contributed by atoms with van der Waals surface area (Å²) in [5, 5.41) is 0. The summed E-state index contributed by atoms with van der Waals surface area (Å²) in [6.45, 7) is 11.8. The Kier molecular flexibility index (Phi) is 4.69. The summed E-state index contributed by atoms with van der Waals surface area (Å²) in [7, 11) is 0. The number of ether oxygens (including phenoxy) is 1. The van der Waals surface area contributed by atoms with E-state index < -0.39 is 17.9 Å². The maximum absolute atomic E-state index is 13.1. The number of allylic oxidation sites excluding steroid dienone is 2. The van der Waals surface area contributed by atoms with Gasteiger partial charge in [0.15, 0.2) is 5.78 Å². The lowest BCUT2D eigenvalue weighted by Crippen LogP contribution is -2.50. The second-order valence-corrected chi connectivity index (χ2v) is 7.71. The largest absolute Gasteiger partial charge is 0.447 e. The molecule has 0 bridgehead atoms. The Morgan fingerprint density at radius 3 is 2.39 bits per heavy atom. The molecule has 1 aliphatic carbocycles. The maximum atomic E-state index is 13.1. The SMILES string of the molecule is CCC[C@H]1C(C)=C(C)C(=O)[C@@H]1C(=O)N1C(=O)OC[C@@H]1C(C)(C)C. The van der Waals surface area contributed by atoms with Gasteiger partial charge in [-0.1, -0.05) is 39.7 Å². The summed E-state index contributed by atoms with van der Waals surface area (Å²) in [5.74, 6) is -1.41. The van der Waals surface area contributed by atoms with Crippen LogP contribution in [0.3, 0.4) is 0 Å². The molecule has 128 valence electrons. The van der Waals surface area contributed by atoms with Gasteiger partial charge in [-0.3, -0.25) is 9.59 Å². The topological polar surface area (TPSA) is 63.7 Å². The predicted octanol–water partition coefficient (Wildman–Crippen LogP) is 3.33. The Labute approximate surface area is 138 Å². The minimum absolute atomic E-state index is 0.103. The Hall–Kier alpha value is -1.65. The third-order valence-electron chi connectivity index (χ3n) is 5.18. The van der Waals surface area contributed by atoms with Crippen LogP contribution in [0.4, 0.5) is 4.79 Å². The zero-order valence-electron chi connectivity index (χ0n) is 14.9. The van der Waals surface area contributed by atoms with Crippen LogP contribution in [0.1, 0.15) is 54.4 Å². The van der Waals surface area contributed by atoms with E-state index in [2.05, 4.69) is 0 Å². The molecule has 1 fully saturated rings. The van der Waals surface area contributed by atoms with Crippen LogP contribution in [0, 0.1) is 17.3 Å². The molecule has 3 atom stereocenters. The Bertz CT molecular complexity index is 570. The first-order chi connectivity index (χ1) is 10.6. The first kappa shape index (κ1) is 17.7. The number of carbonyl (C=O) groups is 3. The summed E-state index contributed by atoms with van der Waals surface area (Å²) < 4.78 is 5.11. The number of ketones is 1. The third kappa shape index (κ3) is 2.93. The molecule has 0 unspecified atom stereocenters. The van der Waals surface area contributed by atoms with Gasteiger partial charge in [-0.15, -0.1) is 0 Å². The van der Waals surface area contributed by atoms with Crippen LogP contribution in [0.15, 0.2) is 11.1 Å². The summed E-state index contributed by atoms with van der Waals surface area (Å²) >= 11 is 0. The number of hydrogen-bond donors (Lipinski definition) is 0. The highest BCUT2D eigenvalue weighted by molar-refractivity contribution is 6.15. The fourth-order valence-corrected chi connectivity index (χ4v) is 3.57. The van der Waals surface area contributed by atoms with E-state index >= 15 is 0 Å². The zero-order chi connectivity index (χ0) is 17.5. The molecule has 5 nitrogen and oxygen atoms in total. The molecule has 0 radical (unpaired) electrons. The van der Waals surface area contributed by atoms with E-state index in [4.69, 9.17) is 4.74 Å². The van der Waals surface area contributed by atoms with Crippen LogP contribution in [0.2, 0.25) is 0 Å². The molecule has 1 heterocycles. The van der Waals surface area contributed by atoms with Crippen LogP contribution in [0.5, 0.6) is 0 Å². The molecule has 0 N–H and O–H groups in total. The van der Waals surface area contributed by atoms with Crippen molar-refractivity contribution in [3.8, 4) is 0 Å². The van der Waals surface area contributed by atoms with Crippen molar-refractivity contribution >= 4 is 17.8 Å². The molecular weight excluding hydrogens is 294 g/mol. The second kappa shape index (κ2) is 6.10. The number of rotatable bonds is 3. The maximum Gasteiger partial charge on any atom is 0.417 e. The monoisotopic (exact) mass is 321 g/mol. The third-order valence-corrected chi connectivity index (χ3v) is 5.18. The molecule has 5 heteroatoms. The van der Waals surface area contributed by atoms with E-state index in [1.165, 1.54) is 4.90 Å². The minimum atomic E-state index is -0.773. The lowest BCUT2D eigenvalue weighted by Gasteiger charge is -2.33. The van der Waals surface area contributed by atoms with Crippen molar-refractivity contribution in [1.29, 1.82) is 0 Å². The first-order valence-corrected chi connectivity index (χ1v) is 8.32. The molecule has 2 rings (SSSR count). The Morgan fingerprint density at radius 2 is 1.87 bits per heavy atom. The van der Waals surface area contributed by atoms with Crippen molar-refractivity contribution < 1.29 is 19.1 Å². The lowest BCUT2D eigenvalue weighted by atomic mass is 9.83. The smallest absolute Gasteiger partial charge is 0.417 e. The van der Waals surface area contributed by atoms with Crippen LogP contribution < -0.4 is 0 Å². The summed E-state index contributed by atoms with van der Waals surface area (Å²) in [6, 6.07) is -0.334. The highest BCUT2D eigenvalue weighted by atomic mass is 16.6. The van der Waals surface area contributed by atoms with Gasteiger partial charge in [-0.05, 0) is 37.2 Å². The number of carbonyl (C=O) groups excluding carboxylic acids is 3. The first-order valence-electron chi connectivity index (χ1n) is 8.32. The van der Waals surface area contributed by atoms with Gasteiger partial charge in [0.2, 0.25) is 5.91 Å². The molecule has 1 saturated heterocycles. The number of cyclic esters (lactones) is 1. The average Bonchev–Trinajstić information content (AvgIpc) is 2.94. The fourth-order valence-electron chi connectivity index (χ4n) is 3.57. The van der Waals surface area contributed by atoms with E-state index in [9.17, 15) is 14.4 Å². The predicted molar refractivity (Wildman–Crippen MR) is 86.7 cm³/mol. The average molecular weight is 321 g/mol. The van der Waals surface area contributed by atoms with E-state index in [-0.39, 0.29) is 29.8 Å². The van der Waals surface area contributed by atoms with Gasteiger partial charge in [-0.25, -0.2) is 9.69 Å². The van der Waals surface area contributed by atoms with Crippen molar-refractivity contribution in [3.63, 3.8) is 0 Å². The standard InChI is InChI=1S/C18H27NO4/c1-7-8-12-10(2)11(3)15(20)14(12)16(21)19-13(18(4,5)6)9-23-17(19)22/h12-14H,7-9H2,1-6H3/t12-,13+,14+/m0/s1. The van der Waals surface area contributed by atoms with Crippen LogP contribution >= 0.6 is 0 Å². The summed E-state index contributed by atoms with van der Waals surface area (Å²) in [4.78, 5) is 39.0. The number of hydrogen-bond acceptors (Lipinski definition) is 4. The normalized spacial score (nSPS) is 28.6. The van der Waals surface area contributed by atoms with E-state index in [0.717, 1.165) is 18.4 Å². The minimum Gasteiger partial charge on any atom is -0.447 e. The van der Waals surface area contributed by atoms with E-state index in [1.807, 2.05) is 34.6 Å². The molecule has 0 aromatic rings. The van der Waals surface area contributed by atoms with Gasteiger partial charge < -0.3 is 4.74 Å². The molecule has 23 heavy (non-hydrogen) atoms. The number of imide groups is 1. The van der Waals surface area contributed by atoms with Gasteiger partial charge in [-0.2, -0.15) is 0 Å². The van der Waals surface area contributed by atoms with Crippen molar-refractivity contribution in [3.05, 3.63) is 11.1 Å². The molecule has 0 aromatic carbocycles. The second-order valence-electron chi connectivity index (χ2n) is 7.71. The highest BCUT2D eigenvalue weighted by Gasteiger charge is 2.51. The summed E-state index contributed by atoms with van der Waals surface area (Å²) in [6.07, 6.45) is 1.04. The quantitative estimate of drug-likeness (QED) is 0.748.